The number of nitrogens with zero attached hydrogens (tertiary/aromatic N) is 2. The van der Waals surface area contributed by atoms with E-state index in [-0.39, 0.29) is 5.78 Å². The minimum Gasteiger partial charge on any atom is -0.363 e. The number of ketones is 1. The van der Waals surface area contributed by atoms with Crippen LogP contribution in [0.25, 0.3) is 0 Å². The van der Waals surface area contributed by atoms with E-state index in [2.05, 4.69) is 55.3 Å². The maximum Gasteiger partial charge on any atom is 0.206 e. The second-order valence-electron chi connectivity index (χ2n) is 5.99. The third-order valence-corrected chi connectivity index (χ3v) is 5.69. The number of rotatable bonds is 7. The summed E-state index contributed by atoms with van der Waals surface area (Å²) in [6.45, 7) is 8.61. The van der Waals surface area contributed by atoms with Crippen LogP contribution in [0.4, 0.5) is 5.13 Å². The molecule has 1 heterocycles. The summed E-state index contributed by atoms with van der Waals surface area (Å²) in [5.74, 6) is 1.33. The Labute approximate surface area is 146 Å². The zero-order valence-electron chi connectivity index (χ0n) is 14.2. The molecule has 124 valence electrons. The number of benzene rings is 1. The third kappa shape index (κ3) is 4.54. The zero-order chi connectivity index (χ0) is 17.0. The van der Waals surface area contributed by atoms with Gasteiger partial charge in [-0.3, -0.25) is 4.79 Å². The lowest BCUT2D eigenvalue weighted by atomic mass is 9.90. The van der Waals surface area contributed by atoms with Gasteiger partial charge in [-0.1, -0.05) is 69.0 Å². The van der Waals surface area contributed by atoms with E-state index >= 15 is 0 Å². The van der Waals surface area contributed by atoms with Crippen LogP contribution in [0.5, 0.6) is 0 Å². The van der Waals surface area contributed by atoms with Crippen molar-refractivity contribution in [2.24, 2.45) is 0 Å². The summed E-state index contributed by atoms with van der Waals surface area (Å²) < 4.78 is 0.813. The second kappa shape index (κ2) is 7.93. The van der Waals surface area contributed by atoms with Crippen molar-refractivity contribution in [2.75, 3.05) is 18.1 Å². The first-order valence-corrected chi connectivity index (χ1v) is 9.53. The van der Waals surface area contributed by atoms with Gasteiger partial charge in [-0.25, -0.2) is 0 Å². The van der Waals surface area contributed by atoms with Gasteiger partial charge in [0.15, 0.2) is 10.1 Å². The average Bonchev–Trinajstić information content (AvgIpc) is 2.99. The minimum atomic E-state index is 0.148. The Morgan fingerprint density at radius 3 is 2.52 bits per heavy atom. The highest BCUT2D eigenvalue weighted by atomic mass is 32.2. The van der Waals surface area contributed by atoms with Gasteiger partial charge in [0.1, 0.15) is 0 Å². The average molecular weight is 350 g/mol. The summed E-state index contributed by atoms with van der Waals surface area (Å²) in [6.07, 6.45) is 0. The van der Waals surface area contributed by atoms with Crippen LogP contribution in [0.15, 0.2) is 22.5 Å². The van der Waals surface area contributed by atoms with E-state index in [9.17, 15) is 4.79 Å². The monoisotopic (exact) mass is 349 g/mol. The molecule has 0 spiro atoms. The summed E-state index contributed by atoms with van der Waals surface area (Å²) in [5.41, 5.74) is 3.24. The Morgan fingerprint density at radius 2 is 1.96 bits per heavy atom. The highest BCUT2D eigenvalue weighted by Gasteiger charge is 2.16. The molecule has 0 radical (unpaired) electrons. The van der Waals surface area contributed by atoms with E-state index < -0.39 is 0 Å². The van der Waals surface area contributed by atoms with Gasteiger partial charge in [-0.05, 0) is 23.0 Å². The van der Waals surface area contributed by atoms with Gasteiger partial charge in [0.25, 0.3) is 0 Å². The highest BCUT2D eigenvalue weighted by molar-refractivity contribution is 8.01. The maximum absolute atomic E-state index is 12.6. The van der Waals surface area contributed by atoms with Crippen LogP contribution in [0.3, 0.4) is 0 Å². The number of carbonyl (C=O) groups excluding carboxylic acids is 1. The quantitative estimate of drug-likeness (QED) is 0.575. The molecule has 0 fully saturated rings. The molecule has 4 nitrogen and oxygen atoms in total. The second-order valence-corrected chi connectivity index (χ2v) is 8.19. The van der Waals surface area contributed by atoms with Crippen molar-refractivity contribution in [1.82, 2.24) is 10.2 Å². The third-order valence-electron chi connectivity index (χ3n) is 3.61. The first kappa shape index (κ1) is 17.9. The molecular formula is C17H23N3OS2. The summed E-state index contributed by atoms with van der Waals surface area (Å²) in [4.78, 5) is 12.6. The van der Waals surface area contributed by atoms with Crippen molar-refractivity contribution in [2.45, 2.75) is 43.9 Å². The number of hydrogen-bond acceptors (Lipinski definition) is 6. The van der Waals surface area contributed by atoms with Gasteiger partial charge in [0.05, 0.1) is 5.75 Å². The number of aromatic nitrogens is 2. The molecule has 2 rings (SSSR count). The number of thioether (sulfide) groups is 1. The largest absolute Gasteiger partial charge is 0.363 e. The SMILES string of the molecule is CNc1nnc(SCC(=O)c2ccc(C(C)C)cc2C(C)C)s1. The number of Topliss-reactive ketones (excluding diaryl/α,β-unsaturated/α-hetero) is 1. The predicted molar refractivity (Wildman–Crippen MR) is 99.1 cm³/mol. The topological polar surface area (TPSA) is 54.9 Å². The van der Waals surface area contributed by atoms with Gasteiger partial charge < -0.3 is 5.32 Å². The smallest absolute Gasteiger partial charge is 0.206 e. The van der Waals surface area contributed by atoms with Gasteiger partial charge >= 0.3 is 0 Å². The Morgan fingerprint density at radius 1 is 1.22 bits per heavy atom. The molecule has 0 atom stereocenters. The molecule has 6 heteroatoms. The summed E-state index contributed by atoms with van der Waals surface area (Å²) in [6, 6.07) is 6.22. The Balaban J connectivity index is 2.14. The fourth-order valence-electron chi connectivity index (χ4n) is 2.25. The van der Waals surface area contributed by atoms with Crippen LogP contribution in [-0.2, 0) is 0 Å². The summed E-state index contributed by atoms with van der Waals surface area (Å²) in [7, 11) is 1.81. The molecule has 1 aromatic heterocycles. The van der Waals surface area contributed by atoms with E-state index in [1.54, 1.807) is 0 Å². The number of anilines is 1. The Bertz CT molecular complexity index is 680. The van der Waals surface area contributed by atoms with Crippen LogP contribution in [0.1, 0.15) is 61.0 Å². The zero-order valence-corrected chi connectivity index (χ0v) is 15.8. The van der Waals surface area contributed by atoms with Crippen LogP contribution in [0, 0.1) is 0 Å². The van der Waals surface area contributed by atoms with Crippen molar-refractivity contribution in [3.05, 3.63) is 34.9 Å². The first-order chi connectivity index (χ1) is 10.9. The fraction of sp³-hybridized carbons (Fsp3) is 0.471. The van der Waals surface area contributed by atoms with E-state index in [4.69, 9.17) is 0 Å². The van der Waals surface area contributed by atoms with Crippen molar-refractivity contribution >= 4 is 34.0 Å². The van der Waals surface area contributed by atoms with Crippen LogP contribution < -0.4 is 5.32 Å². The van der Waals surface area contributed by atoms with Crippen LogP contribution in [-0.4, -0.2) is 28.8 Å². The predicted octanol–water partition coefficient (Wildman–Crippen LogP) is 4.80. The lowest BCUT2D eigenvalue weighted by Gasteiger charge is -2.15. The lowest BCUT2D eigenvalue weighted by Crippen LogP contribution is -2.08. The molecule has 0 aliphatic rings. The van der Waals surface area contributed by atoms with E-state index in [0.717, 1.165) is 20.6 Å². The van der Waals surface area contributed by atoms with Crippen molar-refractivity contribution in [1.29, 1.82) is 0 Å². The summed E-state index contributed by atoms with van der Waals surface area (Å²) >= 11 is 2.91. The van der Waals surface area contributed by atoms with Gasteiger partial charge in [-0.15, -0.1) is 10.2 Å². The molecule has 2 aromatic rings. The molecule has 0 aliphatic carbocycles. The van der Waals surface area contributed by atoms with Crippen LogP contribution >= 0.6 is 23.1 Å². The molecular weight excluding hydrogens is 326 g/mol. The molecule has 0 amide bonds. The lowest BCUT2D eigenvalue weighted by molar-refractivity contribution is 0.102. The Hall–Kier alpha value is -1.40. The Kier molecular flexibility index (Phi) is 6.18. The minimum absolute atomic E-state index is 0.148. The number of nitrogens with one attached hydrogen (secondary N) is 1. The molecule has 1 N–H and O–H groups in total. The fourth-order valence-corrected chi connectivity index (χ4v) is 3.83. The van der Waals surface area contributed by atoms with Crippen molar-refractivity contribution in [3.63, 3.8) is 0 Å². The van der Waals surface area contributed by atoms with E-state index in [0.29, 0.717) is 17.6 Å². The number of hydrogen-bond donors (Lipinski definition) is 1. The standard InChI is InChI=1S/C17H23N3OS2/c1-10(2)12-6-7-13(14(8-12)11(3)4)15(21)9-22-17-20-19-16(18-5)23-17/h6-8,10-11H,9H2,1-5H3,(H,18,19). The van der Waals surface area contributed by atoms with E-state index in [1.165, 1.54) is 28.7 Å². The molecule has 1 aromatic carbocycles. The normalized spacial score (nSPS) is 11.3. The van der Waals surface area contributed by atoms with Gasteiger partial charge in [0, 0.05) is 12.6 Å². The van der Waals surface area contributed by atoms with Gasteiger partial charge in [-0.2, -0.15) is 0 Å². The van der Waals surface area contributed by atoms with Gasteiger partial charge in [0.2, 0.25) is 5.13 Å². The molecule has 0 saturated carbocycles. The van der Waals surface area contributed by atoms with E-state index in [1.807, 2.05) is 13.1 Å². The molecule has 0 unspecified atom stereocenters. The maximum atomic E-state index is 12.6. The molecule has 0 bridgehead atoms. The molecule has 23 heavy (non-hydrogen) atoms. The van der Waals surface area contributed by atoms with Crippen molar-refractivity contribution in [3.8, 4) is 0 Å². The number of carbonyl (C=O) groups is 1. The molecule has 0 saturated heterocycles. The van der Waals surface area contributed by atoms with Crippen LogP contribution in [0.2, 0.25) is 0 Å². The van der Waals surface area contributed by atoms with Crippen molar-refractivity contribution < 1.29 is 4.79 Å². The highest BCUT2D eigenvalue weighted by Crippen LogP contribution is 2.29. The first-order valence-electron chi connectivity index (χ1n) is 7.73. The molecule has 0 aliphatic heterocycles. The summed E-state index contributed by atoms with van der Waals surface area (Å²) in [5, 5.41) is 11.8.